The van der Waals surface area contributed by atoms with E-state index >= 15 is 0 Å². The fourth-order valence-corrected chi connectivity index (χ4v) is 1.84. The molecule has 1 heterocycles. The Morgan fingerprint density at radius 2 is 2.29 bits per heavy atom. The number of fused-ring (bicyclic) bond motifs is 1. The number of aliphatic hydroxyl groups is 1. The minimum atomic E-state index is -0.530. The second-order valence-corrected chi connectivity index (χ2v) is 4.44. The molecule has 17 heavy (non-hydrogen) atoms. The van der Waals surface area contributed by atoms with Crippen LogP contribution in [0.1, 0.15) is 5.69 Å². The number of benzene rings is 1. The minimum absolute atomic E-state index is 0.234. The topological polar surface area (TPSA) is 50.1 Å². The quantitative estimate of drug-likeness (QED) is 0.819. The van der Waals surface area contributed by atoms with Crippen LogP contribution in [0.25, 0.3) is 10.9 Å². The molecule has 1 aromatic heterocycles. The maximum Gasteiger partial charge on any atom is 0.0946 e. The van der Waals surface area contributed by atoms with Crippen molar-refractivity contribution >= 4 is 28.2 Å². The number of aliphatic hydroxyl groups excluding tert-OH is 1. The molecule has 0 radical (unpaired) electrons. The molecular formula is C12H16ClN3O. The molecule has 4 nitrogen and oxygen atoms in total. The van der Waals surface area contributed by atoms with Gasteiger partial charge in [-0.25, -0.2) is 0 Å². The number of nitrogens with one attached hydrogen (secondary N) is 1. The predicted octanol–water partition coefficient (Wildman–Crippen LogP) is 1.89. The van der Waals surface area contributed by atoms with E-state index in [4.69, 9.17) is 11.6 Å². The molecule has 1 atom stereocenters. The van der Waals surface area contributed by atoms with Crippen molar-refractivity contribution in [3.8, 4) is 0 Å². The third kappa shape index (κ3) is 2.53. The number of aryl methyl sites for hydroxylation is 2. The second kappa shape index (κ2) is 4.94. The average molecular weight is 254 g/mol. The summed E-state index contributed by atoms with van der Waals surface area (Å²) >= 11 is 5.53. The third-order valence-corrected chi connectivity index (χ3v) is 3.21. The van der Waals surface area contributed by atoms with Crippen LogP contribution in [0.4, 0.5) is 5.69 Å². The molecule has 0 aliphatic heterocycles. The average Bonchev–Trinajstić information content (AvgIpc) is 2.62. The first kappa shape index (κ1) is 12.2. The first-order valence-electron chi connectivity index (χ1n) is 5.53. The van der Waals surface area contributed by atoms with Crippen molar-refractivity contribution in [2.75, 3.05) is 17.7 Å². The van der Waals surface area contributed by atoms with Crippen LogP contribution in [-0.4, -0.2) is 33.4 Å². The number of hydrogen-bond donors (Lipinski definition) is 2. The number of halogens is 1. The predicted molar refractivity (Wildman–Crippen MR) is 70.7 cm³/mol. The molecule has 1 aromatic carbocycles. The van der Waals surface area contributed by atoms with Crippen molar-refractivity contribution in [2.45, 2.75) is 13.0 Å². The molecule has 2 aromatic rings. The smallest absolute Gasteiger partial charge is 0.0946 e. The number of hydrogen-bond acceptors (Lipinski definition) is 3. The number of nitrogens with zero attached hydrogens (tertiary/aromatic N) is 2. The first-order chi connectivity index (χ1) is 8.11. The highest BCUT2D eigenvalue weighted by atomic mass is 35.5. The highest BCUT2D eigenvalue weighted by Gasteiger charge is 2.06. The number of aromatic nitrogens is 2. The summed E-state index contributed by atoms with van der Waals surface area (Å²) in [4.78, 5) is 0. The lowest BCUT2D eigenvalue weighted by Crippen LogP contribution is -2.20. The lowest BCUT2D eigenvalue weighted by atomic mass is 10.2. The highest BCUT2D eigenvalue weighted by molar-refractivity contribution is 6.18. The maximum absolute atomic E-state index is 9.37. The Morgan fingerprint density at radius 1 is 1.53 bits per heavy atom. The molecule has 0 fully saturated rings. The summed E-state index contributed by atoms with van der Waals surface area (Å²) in [6.45, 7) is 2.49. The van der Waals surface area contributed by atoms with Gasteiger partial charge < -0.3 is 10.4 Å². The van der Waals surface area contributed by atoms with E-state index in [-0.39, 0.29) is 5.88 Å². The van der Waals surface area contributed by atoms with E-state index in [1.165, 1.54) is 0 Å². The van der Waals surface area contributed by atoms with Gasteiger partial charge in [-0.1, -0.05) is 0 Å². The molecule has 0 spiro atoms. The summed E-state index contributed by atoms with van der Waals surface area (Å²) in [5, 5.41) is 18.1. The van der Waals surface area contributed by atoms with Crippen molar-refractivity contribution < 1.29 is 5.11 Å². The summed E-state index contributed by atoms with van der Waals surface area (Å²) < 4.78 is 1.86. The van der Waals surface area contributed by atoms with E-state index in [2.05, 4.69) is 10.4 Å². The van der Waals surface area contributed by atoms with Gasteiger partial charge in [-0.15, -0.1) is 11.6 Å². The van der Waals surface area contributed by atoms with Gasteiger partial charge in [0.25, 0.3) is 0 Å². The lowest BCUT2D eigenvalue weighted by Gasteiger charge is -2.09. The molecule has 0 amide bonds. The molecule has 2 N–H and O–H groups in total. The van der Waals surface area contributed by atoms with E-state index in [1.54, 1.807) is 0 Å². The van der Waals surface area contributed by atoms with Crippen LogP contribution in [0.2, 0.25) is 0 Å². The Balaban J connectivity index is 2.20. The summed E-state index contributed by atoms with van der Waals surface area (Å²) in [6, 6.07) is 5.99. The van der Waals surface area contributed by atoms with E-state index in [0.29, 0.717) is 6.54 Å². The van der Waals surface area contributed by atoms with E-state index in [0.717, 1.165) is 22.3 Å². The van der Waals surface area contributed by atoms with Crippen LogP contribution in [0.5, 0.6) is 0 Å². The Labute approximate surface area is 105 Å². The first-order valence-corrected chi connectivity index (χ1v) is 6.06. The molecule has 2 rings (SSSR count). The highest BCUT2D eigenvalue weighted by Crippen LogP contribution is 2.20. The Kier molecular flexibility index (Phi) is 3.54. The molecule has 0 aliphatic rings. The van der Waals surface area contributed by atoms with Gasteiger partial charge in [-0.2, -0.15) is 5.10 Å². The van der Waals surface area contributed by atoms with E-state index < -0.39 is 6.10 Å². The molecule has 0 aliphatic carbocycles. The van der Waals surface area contributed by atoms with Crippen molar-refractivity contribution in [3.05, 3.63) is 23.9 Å². The Morgan fingerprint density at radius 3 is 3.00 bits per heavy atom. The van der Waals surface area contributed by atoms with Crippen LogP contribution >= 0.6 is 11.6 Å². The summed E-state index contributed by atoms with van der Waals surface area (Å²) in [6.07, 6.45) is -0.530. The molecule has 1 unspecified atom stereocenters. The van der Waals surface area contributed by atoms with Gasteiger partial charge in [-0.3, -0.25) is 4.68 Å². The molecule has 0 bridgehead atoms. The van der Waals surface area contributed by atoms with Gasteiger partial charge in [0.05, 0.1) is 17.5 Å². The van der Waals surface area contributed by atoms with Gasteiger partial charge in [0.1, 0.15) is 0 Å². The van der Waals surface area contributed by atoms with Gasteiger partial charge in [-0.05, 0) is 25.1 Å². The van der Waals surface area contributed by atoms with Crippen LogP contribution < -0.4 is 5.32 Å². The second-order valence-electron chi connectivity index (χ2n) is 4.13. The number of alkyl halides is 1. The Bertz CT molecular complexity index is 524. The zero-order chi connectivity index (χ0) is 12.4. The van der Waals surface area contributed by atoms with E-state index in [1.807, 2.05) is 36.9 Å². The van der Waals surface area contributed by atoms with Crippen molar-refractivity contribution in [3.63, 3.8) is 0 Å². The van der Waals surface area contributed by atoms with Gasteiger partial charge >= 0.3 is 0 Å². The SMILES string of the molecule is Cc1c2ccc(NCC(O)CCl)cc2nn1C. The summed E-state index contributed by atoms with van der Waals surface area (Å²) in [5.74, 6) is 0.234. The van der Waals surface area contributed by atoms with Crippen LogP contribution in [0, 0.1) is 6.92 Å². The van der Waals surface area contributed by atoms with Gasteiger partial charge in [0.2, 0.25) is 0 Å². The van der Waals surface area contributed by atoms with Gasteiger partial charge in [0.15, 0.2) is 0 Å². The molecule has 0 saturated carbocycles. The summed E-state index contributed by atoms with van der Waals surface area (Å²) in [5.41, 5.74) is 3.04. The maximum atomic E-state index is 9.37. The van der Waals surface area contributed by atoms with Crippen LogP contribution in [0.15, 0.2) is 18.2 Å². The van der Waals surface area contributed by atoms with Gasteiger partial charge in [0, 0.05) is 30.4 Å². The fourth-order valence-electron chi connectivity index (χ4n) is 1.73. The third-order valence-electron chi connectivity index (χ3n) is 2.85. The normalized spacial score (nSPS) is 12.9. The Hall–Kier alpha value is -1.26. The number of anilines is 1. The standard InChI is InChI=1S/C12H16ClN3O/c1-8-11-4-3-9(14-7-10(17)6-13)5-12(11)15-16(8)2/h3-5,10,14,17H,6-7H2,1-2H3. The van der Waals surface area contributed by atoms with Crippen LogP contribution in [0.3, 0.4) is 0 Å². The summed E-state index contributed by atoms with van der Waals surface area (Å²) in [7, 11) is 1.93. The zero-order valence-corrected chi connectivity index (χ0v) is 10.7. The molecule has 5 heteroatoms. The number of rotatable bonds is 4. The minimum Gasteiger partial charge on any atom is -0.390 e. The molecule has 0 saturated heterocycles. The van der Waals surface area contributed by atoms with Crippen molar-refractivity contribution in [1.29, 1.82) is 0 Å². The monoisotopic (exact) mass is 253 g/mol. The lowest BCUT2D eigenvalue weighted by molar-refractivity contribution is 0.211. The largest absolute Gasteiger partial charge is 0.390 e. The van der Waals surface area contributed by atoms with Crippen LogP contribution in [-0.2, 0) is 7.05 Å². The molecule has 92 valence electrons. The molecular weight excluding hydrogens is 238 g/mol. The van der Waals surface area contributed by atoms with E-state index in [9.17, 15) is 5.11 Å². The van der Waals surface area contributed by atoms with Crippen molar-refractivity contribution in [1.82, 2.24) is 9.78 Å². The fraction of sp³-hybridized carbons (Fsp3) is 0.417. The van der Waals surface area contributed by atoms with Crippen molar-refractivity contribution in [2.24, 2.45) is 7.05 Å². The zero-order valence-electron chi connectivity index (χ0n) is 9.94.